The van der Waals surface area contributed by atoms with Crippen LogP contribution in [0.15, 0.2) is 24.3 Å². The van der Waals surface area contributed by atoms with E-state index in [2.05, 4.69) is 30.9 Å². The highest BCUT2D eigenvalue weighted by molar-refractivity contribution is 5.40. The molecule has 3 heteroatoms. The predicted molar refractivity (Wildman–Crippen MR) is 75.4 cm³/mol. The van der Waals surface area contributed by atoms with Crippen LogP contribution in [-0.2, 0) is 11.3 Å². The molecule has 18 heavy (non-hydrogen) atoms. The molecule has 0 bridgehead atoms. The van der Waals surface area contributed by atoms with Crippen molar-refractivity contribution in [2.75, 3.05) is 18.9 Å². The fourth-order valence-electron chi connectivity index (χ4n) is 2.65. The Hall–Kier alpha value is -1.06. The molecule has 1 aromatic carbocycles. The molecule has 1 heterocycles. The number of nitrogens with two attached hydrogens (primary N) is 1. The largest absolute Gasteiger partial charge is 0.399 e. The molecule has 2 N–H and O–H groups in total. The van der Waals surface area contributed by atoms with Gasteiger partial charge in [-0.2, -0.15) is 0 Å². The zero-order chi connectivity index (χ0) is 13.0. The Morgan fingerprint density at radius 3 is 2.67 bits per heavy atom. The lowest BCUT2D eigenvalue weighted by molar-refractivity contribution is 0.0188. The SMILES string of the molecule is CC(C)N(Cc1cccc(N)c1)C1CCOCC1. The second-order valence-corrected chi connectivity index (χ2v) is 5.35. The van der Waals surface area contributed by atoms with Gasteiger partial charge in [0.1, 0.15) is 0 Å². The highest BCUT2D eigenvalue weighted by Gasteiger charge is 2.23. The minimum absolute atomic E-state index is 0.550. The number of nitrogens with zero attached hydrogens (tertiary/aromatic N) is 1. The van der Waals surface area contributed by atoms with Gasteiger partial charge in [-0.15, -0.1) is 0 Å². The van der Waals surface area contributed by atoms with E-state index >= 15 is 0 Å². The molecule has 0 atom stereocenters. The molecular weight excluding hydrogens is 224 g/mol. The van der Waals surface area contributed by atoms with Crippen LogP contribution in [0, 0.1) is 0 Å². The first-order chi connectivity index (χ1) is 8.66. The lowest BCUT2D eigenvalue weighted by Gasteiger charge is -2.37. The van der Waals surface area contributed by atoms with Gasteiger partial charge in [0.2, 0.25) is 0 Å². The number of hydrogen-bond acceptors (Lipinski definition) is 3. The van der Waals surface area contributed by atoms with Gasteiger partial charge in [-0.1, -0.05) is 12.1 Å². The van der Waals surface area contributed by atoms with Crippen LogP contribution in [0.3, 0.4) is 0 Å². The van der Waals surface area contributed by atoms with Crippen molar-refractivity contribution in [3.05, 3.63) is 29.8 Å². The van der Waals surface area contributed by atoms with Crippen molar-refractivity contribution in [2.24, 2.45) is 0 Å². The van der Waals surface area contributed by atoms with E-state index in [9.17, 15) is 0 Å². The summed E-state index contributed by atoms with van der Waals surface area (Å²) in [5, 5.41) is 0. The van der Waals surface area contributed by atoms with Gasteiger partial charge in [-0.25, -0.2) is 0 Å². The van der Waals surface area contributed by atoms with Crippen molar-refractivity contribution in [1.82, 2.24) is 4.90 Å². The number of rotatable bonds is 4. The highest BCUT2D eigenvalue weighted by atomic mass is 16.5. The van der Waals surface area contributed by atoms with E-state index < -0.39 is 0 Å². The molecule has 1 saturated heterocycles. The van der Waals surface area contributed by atoms with Gasteiger partial charge >= 0.3 is 0 Å². The average Bonchev–Trinajstić information content (AvgIpc) is 2.37. The van der Waals surface area contributed by atoms with E-state index in [0.717, 1.165) is 38.3 Å². The third-order valence-corrected chi connectivity index (χ3v) is 3.64. The zero-order valence-electron chi connectivity index (χ0n) is 11.4. The van der Waals surface area contributed by atoms with Crippen LogP contribution in [0.25, 0.3) is 0 Å². The van der Waals surface area contributed by atoms with Crippen molar-refractivity contribution in [2.45, 2.75) is 45.3 Å². The molecule has 0 aromatic heterocycles. The van der Waals surface area contributed by atoms with Crippen LogP contribution in [0.4, 0.5) is 5.69 Å². The first kappa shape index (κ1) is 13.4. The predicted octanol–water partition coefficient (Wildman–Crippen LogP) is 2.66. The summed E-state index contributed by atoms with van der Waals surface area (Å²) in [6, 6.07) is 9.40. The topological polar surface area (TPSA) is 38.5 Å². The van der Waals surface area contributed by atoms with E-state index in [0.29, 0.717) is 12.1 Å². The number of hydrogen-bond donors (Lipinski definition) is 1. The molecule has 0 saturated carbocycles. The molecule has 0 unspecified atom stereocenters. The van der Waals surface area contributed by atoms with Gasteiger partial charge in [0.15, 0.2) is 0 Å². The molecule has 0 radical (unpaired) electrons. The Balaban J connectivity index is 2.05. The lowest BCUT2D eigenvalue weighted by atomic mass is 10.0. The minimum Gasteiger partial charge on any atom is -0.399 e. The molecule has 1 aliphatic rings. The van der Waals surface area contributed by atoms with Crippen molar-refractivity contribution in [1.29, 1.82) is 0 Å². The summed E-state index contributed by atoms with van der Waals surface area (Å²) < 4.78 is 5.45. The molecule has 0 spiro atoms. The van der Waals surface area contributed by atoms with Gasteiger partial charge in [-0.3, -0.25) is 4.90 Å². The van der Waals surface area contributed by atoms with Crippen molar-refractivity contribution < 1.29 is 4.74 Å². The standard InChI is InChI=1S/C15H24N2O/c1-12(2)17(15-6-8-18-9-7-15)11-13-4-3-5-14(16)10-13/h3-5,10,12,15H,6-9,11,16H2,1-2H3. The summed E-state index contributed by atoms with van der Waals surface area (Å²) in [6.07, 6.45) is 2.28. The average molecular weight is 248 g/mol. The lowest BCUT2D eigenvalue weighted by Crippen LogP contribution is -2.43. The first-order valence-corrected chi connectivity index (χ1v) is 6.84. The quantitative estimate of drug-likeness (QED) is 0.833. The zero-order valence-corrected chi connectivity index (χ0v) is 11.4. The fraction of sp³-hybridized carbons (Fsp3) is 0.600. The molecule has 2 rings (SSSR count). The second-order valence-electron chi connectivity index (χ2n) is 5.35. The summed E-state index contributed by atoms with van der Waals surface area (Å²) in [6.45, 7) is 7.30. The minimum atomic E-state index is 0.550. The van der Waals surface area contributed by atoms with Crippen LogP contribution >= 0.6 is 0 Å². The Morgan fingerprint density at radius 1 is 1.33 bits per heavy atom. The van der Waals surface area contributed by atoms with Crippen LogP contribution < -0.4 is 5.73 Å². The van der Waals surface area contributed by atoms with Crippen LogP contribution in [0.2, 0.25) is 0 Å². The van der Waals surface area contributed by atoms with E-state index in [1.165, 1.54) is 5.56 Å². The summed E-state index contributed by atoms with van der Waals surface area (Å²) in [5.74, 6) is 0. The number of benzene rings is 1. The molecule has 1 fully saturated rings. The maximum Gasteiger partial charge on any atom is 0.0480 e. The maximum atomic E-state index is 5.85. The Morgan fingerprint density at radius 2 is 2.06 bits per heavy atom. The summed E-state index contributed by atoms with van der Waals surface area (Å²) in [4.78, 5) is 2.57. The third-order valence-electron chi connectivity index (χ3n) is 3.64. The summed E-state index contributed by atoms with van der Waals surface area (Å²) >= 11 is 0. The molecule has 0 aliphatic carbocycles. The first-order valence-electron chi connectivity index (χ1n) is 6.84. The van der Waals surface area contributed by atoms with Crippen molar-refractivity contribution >= 4 is 5.69 Å². The fourth-order valence-corrected chi connectivity index (χ4v) is 2.65. The monoisotopic (exact) mass is 248 g/mol. The molecule has 0 amide bonds. The number of anilines is 1. The van der Waals surface area contributed by atoms with Crippen LogP contribution in [-0.4, -0.2) is 30.2 Å². The van der Waals surface area contributed by atoms with Gasteiger partial charge in [0, 0.05) is 37.5 Å². The highest BCUT2D eigenvalue weighted by Crippen LogP contribution is 2.20. The molecule has 1 aromatic rings. The van der Waals surface area contributed by atoms with Gasteiger partial charge in [0.05, 0.1) is 0 Å². The van der Waals surface area contributed by atoms with E-state index in [4.69, 9.17) is 10.5 Å². The molecule has 3 nitrogen and oxygen atoms in total. The molecular formula is C15H24N2O. The van der Waals surface area contributed by atoms with E-state index in [1.54, 1.807) is 0 Å². The van der Waals surface area contributed by atoms with Crippen molar-refractivity contribution in [3.63, 3.8) is 0 Å². The number of ether oxygens (including phenoxy) is 1. The van der Waals surface area contributed by atoms with Crippen molar-refractivity contribution in [3.8, 4) is 0 Å². The Kier molecular flexibility index (Phi) is 4.61. The van der Waals surface area contributed by atoms with Gasteiger partial charge < -0.3 is 10.5 Å². The molecule has 100 valence electrons. The van der Waals surface area contributed by atoms with Crippen LogP contribution in [0.1, 0.15) is 32.3 Å². The van der Waals surface area contributed by atoms with E-state index in [1.807, 2.05) is 12.1 Å². The maximum absolute atomic E-state index is 5.85. The Labute approximate surface area is 110 Å². The second kappa shape index (κ2) is 6.21. The molecule has 1 aliphatic heterocycles. The number of nitrogen functional groups attached to an aromatic ring is 1. The normalized spacial score (nSPS) is 17.6. The van der Waals surface area contributed by atoms with Gasteiger partial charge in [-0.05, 0) is 44.4 Å². The summed E-state index contributed by atoms with van der Waals surface area (Å²) in [7, 11) is 0. The Bertz CT molecular complexity index is 373. The van der Waals surface area contributed by atoms with Crippen LogP contribution in [0.5, 0.6) is 0 Å². The smallest absolute Gasteiger partial charge is 0.0480 e. The van der Waals surface area contributed by atoms with E-state index in [-0.39, 0.29) is 0 Å². The van der Waals surface area contributed by atoms with Gasteiger partial charge in [0.25, 0.3) is 0 Å². The third kappa shape index (κ3) is 3.47. The summed E-state index contributed by atoms with van der Waals surface area (Å²) in [5.41, 5.74) is 8.00.